The number of halogens is 1. The van der Waals surface area contributed by atoms with Crippen LogP contribution in [0.5, 0.6) is 0 Å². The highest BCUT2D eigenvalue weighted by Crippen LogP contribution is 2.09. The average Bonchev–Trinajstić information content (AvgIpc) is 2.57. The molecule has 2 rings (SSSR count). The van der Waals surface area contributed by atoms with E-state index in [1.165, 1.54) is 6.92 Å². The molecule has 0 radical (unpaired) electrons. The topological polar surface area (TPSA) is 62.3 Å². The Labute approximate surface area is 146 Å². The minimum atomic E-state index is -0.0846. The molecule has 0 aliphatic heterocycles. The first-order valence-corrected chi connectivity index (χ1v) is 8.09. The zero-order valence-corrected chi connectivity index (χ0v) is 14.3. The summed E-state index contributed by atoms with van der Waals surface area (Å²) in [4.78, 5) is 29.5. The Morgan fingerprint density at radius 3 is 2.54 bits per heavy atom. The van der Waals surface area contributed by atoms with Gasteiger partial charge in [0.1, 0.15) is 0 Å². The molecule has 0 aliphatic rings. The molecule has 0 saturated heterocycles. The Hall–Kier alpha value is -2.40. The summed E-state index contributed by atoms with van der Waals surface area (Å²) >= 11 is 5.82. The van der Waals surface area contributed by atoms with Crippen LogP contribution in [0.4, 0.5) is 0 Å². The first-order valence-electron chi connectivity index (χ1n) is 7.71. The summed E-state index contributed by atoms with van der Waals surface area (Å²) in [5.41, 5.74) is 1.72. The highest BCUT2D eigenvalue weighted by molar-refractivity contribution is 6.30. The van der Waals surface area contributed by atoms with Crippen LogP contribution in [0.3, 0.4) is 0 Å². The van der Waals surface area contributed by atoms with Crippen LogP contribution in [-0.2, 0) is 22.6 Å². The van der Waals surface area contributed by atoms with Crippen LogP contribution in [0.1, 0.15) is 18.2 Å². The molecule has 2 amide bonds. The summed E-state index contributed by atoms with van der Waals surface area (Å²) < 4.78 is 0. The summed E-state index contributed by atoms with van der Waals surface area (Å²) in [6, 6.07) is 12.8. The fraction of sp³-hybridized carbons (Fsp3) is 0.278. The molecule has 2 aromatic rings. The molecule has 1 aromatic carbocycles. The Morgan fingerprint density at radius 2 is 1.92 bits per heavy atom. The normalized spacial score (nSPS) is 10.2. The van der Waals surface area contributed by atoms with Gasteiger partial charge in [-0.15, -0.1) is 0 Å². The minimum absolute atomic E-state index is 0.0485. The van der Waals surface area contributed by atoms with Gasteiger partial charge in [-0.05, 0) is 29.8 Å². The van der Waals surface area contributed by atoms with E-state index < -0.39 is 0 Å². The average molecular weight is 346 g/mol. The summed E-state index contributed by atoms with van der Waals surface area (Å²) in [6.07, 6.45) is 1.99. The van der Waals surface area contributed by atoms with Gasteiger partial charge in [0.25, 0.3) is 0 Å². The number of aromatic nitrogens is 1. The van der Waals surface area contributed by atoms with E-state index in [0.717, 1.165) is 11.3 Å². The van der Waals surface area contributed by atoms with Crippen LogP contribution >= 0.6 is 11.6 Å². The summed E-state index contributed by atoms with van der Waals surface area (Å²) in [5.74, 6) is -0.133. The van der Waals surface area contributed by atoms with Crippen LogP contribution in [0.2, 0.25) is 5.02 Å². The number of amides is 2. The fourth-order valence-corrected chi connectivity index (χ4v) is 2.34. The SMILES string of the molecule is CC(=O)N(CCNC(=O)Cc1ccc(Cl)cc1)Cc1ccccn1. The largest absolute Gasteiger partial charge is 0.354 e. The lowest BCUT2D eigenvalue weighted by atomic mass is 10.1. The standard InChI is InChI=1S/C18H20ClN3O2/c1-14(23)22(13-17-4-2-3-9-20-17)11-10-21-18(24)12-15-5-7-16(19)8-6-15/h2-9H,10-13H2,1H3,(H,21,24). The minimum Gasteiger partial charge on any atom is -0.354 e. The highest BCUT2D eigenvalue weighted by atomic mass is 35.5. The molecule has 0 atom stereocenters. The second kappa shape index (κ2) is 9.03. The smallest absolute Gasteiger partial charge is 0.224 e. The van der Waals surface area contributed by atoms with Crippen molar-refractivity contribution in [1.82, 2.24) is 15.2 Å². The monoisotopic (exact) mass is 345 g/mol. The van der Waals surface area contributed by atoms with Gasteiger partial charge < -0.3 is 10.2 Å². The maximum Gasteiger partial charge on any atom is 0.224 e. The summed E-state index contributed by atoms with van der Waals surface area (Å²) in [7, 11) is 0. The van der Waals surface area contributed by atoms with E-state index in [2.05, 4.69) is 10.3 Å². The highest BCUT2D eigenvalue weighted by Gasteiger charge is 2.11. The van der Waals surface area contributed by atoms with Crippen molar-refractivity contribution in [3.8, 4) is 0 Å². The van der Waals surface area contributed by atoms with Crippen molar-refractivity contribution in [2.45, 2.75) is 19.9 Å². The van der Waals surface area contributed by atoms with Crippen LogP contribution in [0.15, 0.2) is 48.7 Å². The molecule has 0 saturated carbocycles. The molecule has 0 spiro atoms. The molecule has 0 aliphatic carbocycles. The van der Waals surface area contributed by atoms with Crippen LogP contribution in [0.25, 0.3) is 0 Å². The van der Waals surface area contributed by atoms with Crippen molar-refractivity contribution in [1.29, 1.82) is 0 Å². The second-order valence-corrected chi connectivity index (χ2v) is 5.85. The molecule has 0 unspecified atom stereocenters. The molecular formula is C18H20ClN3O2. The summed E-state index contributed by atoms with van der Waals surface area (Å²) in [5, 5.41) is 3.47. The van der Waals surface area contributed by atoms with Gasteiger partial charge in [-0.1, -0.05) is 29.8 Å². The van der Waals surface area contributed by atoms with E-state index in [-0.39, 0.29) is 18.2 Å². The lowest BCUT2D eigenvalue weighted by Gasteiger charge is -2.20. The van der Waals surface area contributed by atoms with Crippen molar-refractivity contribution in [3.63, 3.8) is 0 Å². The molecule has 0 fully saturated rings. The lowest BCUT2D eigenvalue weighted by molar-refractivity contribution is -0.130. The van der Waals surface area contributed by atoms with Crippen molar-refractivity contribution in [3.05, 3.63) is 64.9 Å². The fourth-order valence-electron chi connectivity index (χ4n) is 2.22. The molecule has 24 heavy (non-hydrogen) atoms. The van der Waals surface area contributed by atoms with Gasteiger partial charge in [0.05, 0.1) is 18.7 Å². The molecule has 6 heteroatoms. The number of hydrogen-bond acceptors (Lipinski definition) is 3. The Bertz CT molecular complexity index is 674. The van der Waals surface area contributed by atoms with Crippen LogP contribution < -0.4 is 5.32 Å². The third-order valence-electron chi connectivity index (χ3n) is 3.51. The van der Waals surface area contributed by atoms with Gasteiger partial charge in [0, 0.05) is 31.2 Å². The second-order valence-electron chi connectivity index (χ2n) is 5.41. The Kier molecular flexibility index (Phi) is 6.75. The van der Waals surface area contributed by atoms with Gasteiger partial charge in [0.2, 0.25) is 11.8 Å². The van der Waals surface area contributed by atoms with E-state index in [0.29, 0.717) is 24.7 Å². The zero-order valence-electron chi connectivity index (χ0n) is 13.5. The van der Waals surface area contributed by atoms with Crippen molar-refractivity contribution >= 4 is 23.4 Å². The Balaban J connectivity index is 1.78. The predicted octanol–water partition coefficient (Wildman–Crippen LogP) is 2.44. The van der Waals surface area contributed by atoms with E-state index in [1.54, 1.807) is 23.2 Å². The number of nitrogens with zero attached hydrogens (tertiary/aromatic N) is 2. The van der Waals surface area contributed by atoms with Crippen LogP contribution in [-0.4, -0.2) is 34.8 Å². The number of benzene rings is 1. The molecule has 126 valence electrons. The summed E-state index contributed by atoms with van der Waals surface area (Å²) in [6.45, 7) is 2.79. The molecule has 0 bridgehead atoms. The van der Waals surface area contributed by atoms with Gasteiger partial charge in [0.15, 0.2) is 0 Å². The van der Waals surface area contributed by atoms with Crippen molar-refractivity contribution < 1.29 is 9.59 Å². The van der Waals surface area contributed by atoms with Gasteiger partial charge in [-0.3, -0.25) is 14.6 Å². The van der Waals surface area contributed by atoms with Gasteiger partial charge >= 0.3 is 0 Å². The predicted molar refractivity (Wildman–Crippen MR) is 93.5 cm³/mol. The van der Waals surface area contributed by atoms with E-state index >= 15 is 0 Å². The zero-order chi connectivity index (χ0) is 17.4. The first-order chi connectivity index (χ1) is 11.5. The number of nitrogens with one attached hydrogen (secondary N) is 1. The van der Waals surface area contributed by atoms with Crippen LogP contribution in [0, 0.1) is 0 Å². The van der Waals surface area contributed by atoms with E-state index in [4.69, 9.17) is 11.6 Å². The number of rotatable bonds is 7. The van der Waals surface area contributed by atoms with E-state index in [9.17, 15) is 9.59 Å². The molecule has 1 aromatic heterocycles. The molecule has 5 nitrogen and oxygen atoms in total. The number of carbonyl (C=O) groups excluding carboxylic acids is 2. The third-order valence-corrected chi connectivity index (χ3v) is 3.76. The maximum absolute atomic E-state index is 11.9. The first kappa shape index (κ1) is 17.9. The number of pyridine rings is 1. The van der Waals surface area contributed by atoms with Gasteiger partial charge in [-0.2, -0.15) is 0 Å². The van der Waals surface area contributed by atoms with E-state index in [1.807, 2.05) is 30.3 Å². The quantitative estimate of drug-likeness (QED) is 0.838. The number of hydrogen-bond donors (Lipinski definition) is 1. The van der Waals surface area contributed by atoms with Crippen molar-refractivity contribution in [2.75, 3.05) is 13.1 Å². The lowest BCUT2D eigenvalue weighted by Crippen LogP contribution is -2.37. The maximum atomic E-state index is 11.9. The van der Waals surface area contributed by atoms with Gasteiger partial charge in [-0.25, -0.2) is 0 Å². The number of carbonyl (C=O) groups is 2. The molecule has 1 heterocycles. The third kappa shape index (κ3) is 6.01. The molecular weight excluding hydrogens is 326 g/mol. The van der Waals surface area contributed by atoms with Crippen molar-refractivity contribution in [2.24, 2.45) is 0 Å². The Morgan fingerprint density at radius 1 is 1.17 bits per heavy atom. The molecule has 1 N–H and O–H groups in total.